The molecule has 78 heavy (non-hydrogen) atoms. The van der Waals surface area contributed by atoms with Crippen molar-refractivity contribution in [1.29, 1.82) is 0 Å². The molecule has 0 aromatic rings. The fraction of sp³-hybridized carbons (Fsp3) is 0.736. The number of hydrogen-bond donors (Lipinski definition) is 0. The highest BCUT2D eigenvalue weighted by molar-refractivity contribution is 5.71. The molecule has 0 aliphatic carbocycles. The first-order valence-corrected chi connectivity index (χ1v) is 33.2. The smallest absolute Gasteiger partial charge is 0.306 e. The van der Waals surface area contributed by atoms with Crippen LogP contribution in [0.2, 0.25) is 0 Å². The van der Waals surface area contributed by atoms with E-state index in [4.69, 9.17) is 14.2 Å². The van der Waals surface area contributed by atoms with Crippen LogP contribution < -0.4 is 0 Å². The van der Waals surface area contributed by atoms with Crippen LogP contribution in [0, 0.1) is 0 Å². The lowest BCUT2D eigenvalue weighted by Gasteiger charge is -2.18. The van der Waals surface area contributed by atoms with Crippen molar-refractivity contribution in [2.24, 2.45) is 0 Å². The zero-order chi connectivity index (χ0) is 56.4. The van der Waals surface area contributed by atoms with Gasteiger partial charge in [-0.2, -0.15) is 0 Å². The summed E-state index contributed by atoms with van der Waals surface area (Å²) in [6, 6.07) is 0. The number of carbonyl (C=O) groups excluding carboxylic acids is 3. The maximum atomic E-state index is 12.9. The van der Waals surface area contributed by atoms with Crippen LogP contribution in [-0.2, 0) is 28.6 Å². The standard InChI is InChI=1S/C72H124O6/c1-4-7-10-13-16-19-22-25-28-31-32-33-34-35-36-37-38-39-40-42-44-47-50-53-56-59-62-65-71(74)77-68-69(67-76-70(73)64-61-58-55-52-49-46-43-30-27-24-21-18-15-12-9-6-3)78-72(75)66-63-60-57-54-51-48-45-41-29-26-23-20-17-14-11-8-5-2/h7-8,10-11,16-17,19-20,25-26,28-29,32-33,45,48,69H,4-6,9,12-15,18,21-24,27,30-31,34-44,46-47,49-68H2,1-3H3/b10-7-,11-8-,19-16-,20-17-,28-25-,29-26-,33-32-,48-45-. The largest absolute Gasteiger partial charge is 0.462 e. The number of hydrogen-bond acceptors (Lipinski definition) is 6. The predicted molar refractivity (Wildman–Crippen MR) is 339 cm³/mol. The lowest BCUT2D eigenvalue weighted by atomic mass is 10.0. The fourth-order valence-corrected chi connectivity index (χ4v) is 9.43. The number of ether oxygens (including phenoxy) is 3. The Labute approximate surface area is 483 Å². The van der Waals surface area contributed by atoms with E-state index >= 15 is 0 Å². The summed E-state index contributed by atoms with van der Waals surface area (Å²) in [6.07, 6.45) is 88.5. The number of carbonyl (C=O) groups is 3. The molecule has 0 heterocycles. The van der Waals surface area contributed by atoms with Crippen LogP contribution in [-0.4, -0.2) is 37.2 Å². The van der Waals surface area contributed by atoms with E-state index in [0.717, 1.165) is 122 Å². The molecule has 0 aliphatic rings. The molecule has 6 heteroatoms. The maximum Gasteiger partial charge on any atom is 0.306 e. The molecule has 1 atom stereocenters. The number of esters is 3. The SMILES string of the molecule is CC/C=C\C/C=C\C/C=C\C/C=C\CCCCCCCCCCCCCCCCC(=O)OCC(COC(=O)CCCCCCCCCCCCCCCCCC)OC(=O)CCCCCC/C=C\C/C=C\C/C=C\C/C=C\CC. The minimum atomic E-state index is -0.790. The van der Waals surface area contributed by atoms with E-state index in [-0.39, 0.29) is 31.1 Å². The molecule has 0 saturated heterocycles. The summed E-state index contributed by atoms with van der Waals surface area (Å²) >= 11 is 0. The van der Waals surface area contributed by atoms with Gasteiger partial charge in [-0.1, -0.05) is 304 Å². The minimum Gasteiger partial charge on any atom is -0.462 e. The molecule has 0 amide bonds. The fourth-order valence-electron chi connectivity index (χ4n) is 9.43. The third kappa shape index (κ3) is 63.2. The van der Waals surface area contributed by atoms with Crippen molar-refractivity contribution >= 4 is 17.9 Å². The average Bonchev–Trinajstić information content (AvgIpc) is 3.44. The van der Waals surface area contributed by atoms with Gasteiger partial charge in [-0.05, 0) is 96.3 Å². The molecule has 0 bridgehead atoms. The first-order valence-electron chi connectivity index (χ1n) is 33.2. The van der Waals surface area contributed by atoms with Crippen molar-refractivity contribution in [3.63, 3.8) is 0 Å². The predicted octanol–water partition coefficient (Wildman–Crippen LogP) is 22.8. The van der Waals surface area contributed by atoms with E-state index in [0.29, 0.717) is 19.3 Å². The zero-order valence-corrected chi connectivity index (χ0v) is 51.4. The Morgan fingerprint density at radius 1 is 0.269 bits per heavy atom. The van der Waals surface area contributed by atoms with Gasteiger partial charge in [0.2, 0.25) is 0 Å². The summed E-state index contributed by atoms with van der Waals surface area (Å²) < 4.78 is 16.9. The molecule has 0 rings (SSSR count). The molecule has 6 nitrogen and oxygen atoms in total. The lowest BCUT2D eigenvalue weighted by Crippen LogP contribution is -2.30. The van der Waals surface area contributed by atoms with Crippen LogP contribution in [0.25, 0.3) is 0 Å². The molecule has 0 aliphatic heterocycles. The summed E-state index contributed by atoms with van der Waals surface area (Å²) in [7, 11) is 0. The van der Waals surface area contributed by atoms with Crippen LogP contribution in [0.1, 0.15) is 323 Å². The van der Waals surface area contributed by atoms with Gasteiger partial charge in [-0.15, -0.1) is 0 Å². The normalized spacial score (nSPS) is 12.7. The molecule has 0 aromatic carbocycles. The molecule has 0 saturated carbocycles. The van der Waals surface area contributed by atoms with Crippen LogP contribution in [0.15, 0.2) is 97.2 Å². The molecule has 0 spiro atoms. The molecule has 0 radical (unpaired) electrons. The molecular formula is C72H124O6. The summed E-state index contributed by atoms with van der Waals surface area (Å²) in [4.78, 5) is 38.4. The molecule has 0 fully saturated rings. The van der Waals surface area contributed by atoms with Gasteiger partial charge in [-0.25, -0.2) is 0 Å². The van der Waals surface area contributed by atoms with Crippen LogP contribution >= 0.6 is 0 Å². The highest BCUT2D eigenvalue weighted by Gasteiger charge is 2.19. The maximum absolute atomic E-state index is 12.9. The van der Waals surface area contributed by atoms with E-state index in [1.54, 1.807) is 0 Å². The Morgan fingerprint density at radius 3 is 0.782 bits per heavy atom. The van der Waals surface area contributed by atoms with E-state index in [9.17, 15) is 14.4 Å². The van der Waals surface area contributed by atoms with Crippen LogP contribution in [0.3, 0.4) is 0 Å². The summed E-state index contributed by atoms with van der Waals surface area (Å²) in [5, 5.41) is 0. The zero-order valence-electron chi connectivity index (χ0n) is 51.4. The second-order valence-corrected chi connectivity index (χ2v) is 22.0. The molecule has 448 valence electrons. The van der Waals surface area contributed by atoms with Gasteiger partial charge in [-0.3, -0.25) is 14.4 Å². The van der Waals surface area contributed by atoms with E-state index in [2.05, 4.69) is 118 Å². The van der Waals surface area contributed by atoms with E-state index in [1.807, 2.05) is 0 Å². The molecule has 1 unspecified atom stereocenters. The number of unbranched alkanes of at least 4 members (excludes halogenated alkanes) is 33. The Balaban J connectivity index is 4.31. The van der Waals surface area contributed by atoms with Crippen LogP contribution in [0.5, 0.6) is 0 Å². The lowest BCUT2D eigenvalue weighted by molar-refractivity contribution is -0.167. The second kappa shape index (κ2) is 65.8. The number of allylic oxidation sites excluding steroid dienone is 16. The molecule has 0 N–H and O–H groups in total. The van der Waals surface area contributed by atoms with Crippen molar-refractivity contribution in [2.75, 3.05) is 13.2 Å². The van der Waals surface area contributed by atoms with Crippen LogP contribution in [0.4, 0.5) is 0 Å². The third-order valence-corrected chi connectivity index (χ3v) is 14.3. The topological polar surface area (TPSA) is 78.9 Å². The van der Waals surface area contributed by atoms with E-state index in [1.165, 1.54) is 161 Å². The first-order chi connectivity index (χ1) is 38.5. The highest BCUT2D eigenvalue weighted by atomic mass is 16.6. The minimum absolute atomic E-state index is 0.0840. The first kappa shape index (κ1) is 74.3. The van der Waals surface area contributed by atoms with Crippen molar-refractivity contribution < 1.29 is 28.6 Å². The third-order valence-electron chi connectivity index (χ3n) is 14.3. The van der Waals surface area contributed by atoms with E-state index < -0.39 is 6.10 Å². The molecular weight excluding hydrogens is 961 g/mol. The second-order valence-electron chi connectivity index (χ2n) is 22.0. The number of rotatable bonds is 60. The van der Waals surface area contributed by atoms with Crippen molar-refractivity contribution in [1.82, 2.24) is 0 Å². The van der Waals surface area contributed by atoms with Crippen molar-refractivity contribution in [3.8, 4) is 0 Å². The van der Waals surface area contributed by atoms with Gasteiger partial charge in [0.1, 0.15) is 13.2 Å². The summed E-state index contributed by atoms with van der Waals surface area (Å²) in [5.74, 6) is -0.894. The Kier molecular flexibility index (Phi) is 62.7. The summed E-state index contributed by atoms with van der Waals surface area (Å²) in [6.45, 7) is 6.43. The Hall–Kier alpha value is -3.67. The van der Waals surface area contributed by atoms with Crippen molar-refractivity contribution in [3.05, 3.63) is 97.2 Å². The average molecular weight is 1090 g/mol. The van der Waals surface area contributed by atoms with Gasteiger partial charge < -0.3 is 14.2 Å². The van der Waals surface area contributed by atoms with Gasteiger partial charge >= 0.3 is 17.9 Å². The van der Waals surface area contributed by atoms with Gasteiger partial charge in [0.25, 0.3) is 0 Å². The van der Waals surface area contributed by atoms with Gasteiger partial charge in [0.05, 0.1) is 0 Å². The summed E-state index contributed by atoms with van der Waals surface area (Å²) in [5.41, 5.74) is 0. The quantitative estimate of drug-likeness (QED) is 0.0261. The highest BCUT2D eigenvalue weighted by Crippen LogP contribution is 2.17. The monoisotopic (exact) mass is 1080 g/mol. The van der Waals surface area contributed by atoms with Gasteiger partial charge in [0, 0.05) is 19.3 Å². The molecule has 0 aromatic heterocycles. The van der Waals surface area contributed by atoms with Crippen molar-refractivity contribution in [2.45, 2.75) is 329 Å². The van der Waals surface area contributed by atoms with Gasteiger partial charge in [0.15, 0.2) is 6.10 Å². The Bertz CT molecular complexity index is 1530. The Morgan fingerprint density at radius 2 is 0.500 bits per heavy atom.